The third-order valence-electron chi connectivity index (χ3n) is 3.42. The SMILES string of the molecule is Cc1cnoc1C(=O)N(CC(C)C)CC1CCCN1. The van der Waals surface area contributed by atoms with Crippen LogP contribution in [-0.4, -0.2) is 41.6 Å². The number of aryl methyl sites for hydroxylation is 1. The third kappa shape index (κ3) is 3.56. The summed E-state index contributed by atoms with van der Waals surface area (Å²) >= 11 is 0. The number of aromatic nitrogens is 1. The zero-order chi connectivity index (χ0) is 13.8. The maximum absolute atomic E-state index is 12.5. The molecule has 1 aromatic heterocycles. The summed E-state index contributed by atoms with van der Waals surface area (Å²) in [6.07, 6.45) is 3.92. The van der Waals surface area contributed by atoms with Crippen molar-refractivity contribution in [1.29, 1.82) is 0 Å². The lowest BCUT2D eigenvalue weighted by molar-refractivity contribution is 0.0678. The summed E-state index contributed by atoms with van der Waals surface area (Å²) in [6.45, 7) is 8.64. The second-order valence-corrected chi connectivity index (χ2v) is 5.74. The largest absolute Gasteiger partial charge is 0.351 e. The Hall–Kier alpha value is -1.36. The zero-order valence-corrected chi connectivity index (χ0v) is 12.0. The Morgan fingerprint density at radius 2 is 2.42 bits per heavy atom. The van der Waals surface area contributed by atoms with Crippen molar-refractivity contribution in [3.63, 3.8) is 0 Å². The zero-order valence-electron chi connectivity index (χ0n) is 12.0. The molecule has 0 aromatic carbocycles. The van der Waals surface area contributed by atoms with Crippen LogP contribution in [0.25, 0.3) is 0 Å². The third-order valence-corrected chi connectivity index (χ3v) is 3.42. The molecular weight excluding hydrogens is 242 g/mol. The maximum atomic E-state index is 12.5. The van der Waals surface area contributed by atoms with Gasteiger partial charge in [0.15, 0.2) is 0 Å². The quantitative estimate of drug-likeness (QED) is 0.882. The van der Waals surface area contributed by atoms with E-state index in [4.69, 9.17) is 4.52 Å². The molecular formula is C14H23N3O2. The first kappa shape index (κ1) is 14.1. The Labute approximate surface area is 114 Å². The normalized spacial score (nSPS) is 19.1. The van der Waals surface area contributed by atoms with Gasteiger partial charge >= 0.3 is 0 Å². The van der Waals surface area contributed by atoms with Crippen LogP contribution >= 0.6 is 0 Å². The number of carbonyl (C=O) groups is 1. The maximum Gasteiger partial charge on any atom is 0.292 e. The number of amides is 1. The van der Waals surface area contributed by atoms with Crippen molar-refractivity contribution >= 4 is 5.91 Å². The average Bonchev–Trinajstić information content (AvgIpc) is 2.98. The molecule has 5 heteroatoms. The van der Waals surface area contributed by atoms with Crippen LogP contribution in [0.4, 0.5) is 0 Å². The van der Waals surface area contributed by atoms with E-state index in [1.165, 1.54) is 6.42 Å². The summed E-state index contributed by atoms with van der Waals surface area (Å²) in [4.78, 5) is 14.4. The summed E-state index contributed by atoms with van der Waals surface area (Å²) in [6, 6.07) is 0.408. The fraction of sp³-hybridized carbons (Fsp3) is 0.714. The van der Waals surface area contributed by atoms with Crippen molar-refractivity contribution in [3.05, 3.63) is 17.5 Å². The Morgan fingerprint density at radius 1 is 1.63 bits per heavy atom. The van der Waals surface area contributed by atoms with Crippen molar-refractivity contribution in [2.24, 2.45) is 5.92 Å². The highest BCUT2D eigenvalue weighted by molar-refractivity contribution is 5.92. The van der Waals surface area contributed by atoms with Crippen molar-refractivity contribution in [1.82, 2.24) is 15.4 Å². The molecule has 106 valence electrons. The van der Waals surface area contributed by atoms with Gasteiger partial charge in [0.1, 0.15) is 0 Å². The highest BCUT2D eigenvalue weighted by Crippen LogP contribution is 2.14. The fourth-order valence-electron chi connectivity index (χ4n) is 2.50. The first-order valence-corrected chi connectivity index (χ1v) is 7.02. The molecule has 1 fully saturated rings. The molecule has 0 bridgehead atoms. The van der Waals surface area contributed by atoms with Gasteiger partial charge in [0, 0.05) is 24.7 Å². The second-order valence-electron chi connectivity index (χ2n) is 5.74. The lowest BCUT2D eigenvalue weighted by Crippen LogP contribution is -2.42. The number of nitrogens with zero attached hydrogens (tertiary/aromatic N) is 2. The fourth-order valence-corrected chi connectivity index (χ4v) is 2.50. The van der Waals surface area contributed by atoms with Crippen LogP contribution in [-0.2, 0) is 0 Å². The summed E-state index contributed by atoms with van der Waals surface area (Å²) in [5.41, 5.74) is 0.804. The molecule has 1 amide bonds. The van der Waals surface area contributed by atoms with Gasteiger partial charge in [-0.15, -0.1) is 0 Å². The topological polar surface area (TPSA) is 58.4 Å². The molecule has 1 atom stereocenters. The van der Waals surface area contributed by atoms with E-state index in [-0.39, 0.29) is 5.91 Å². The van der Waals surface area contributed by atoms with Gasteiger partial charge in [0.2, 0.25) is 5.76 Å². The molecule has 0 spiro atoms. The van der Waals surface area contributed by atoms with Crippen LogP contribution < -0.4 is 5.32 Å². The monoisotopic (exact) mass is 265 g/mol. The van der Waals surface area contributed by atoms with Gasteiger partial charge in [0.05, 0.1) is 6.20 Å². The van der Waals surface area contributed by atoms with E-state index in [0.29, 0.717) is 17.7 Å². The van der Waals surface area contributed by atoms with E-state index in [1.54, 1.807) is 6.20 Å². The van der Waals surface area contributed by atoms with Gasteiger partial charge in [0.25, 0.3) is 5.91 Å². The molecule has 19 heavy (non-hydrogen) atoms. The Balaban J connectivity index is 2.07. The van der Waals surface area contributed by atoms with Gasteiger partial charge in [-0.3, -0.25) is 4.79 Å². The van der Waals surface area contributed by atoms with Crippen molar-refractivity contribution in [3.8, 4) is 0 Å². The first-order chi connectivity index (χ1) is 9.08. The van der Waals surface area contributed by atoms with E-state index < -0.39 is 0 Å². The highest BCUT2D eigenvalue weighted by atomic mass is 16.5. The van der Waals surface area contributed by atoms with Gasteiger partial charge in [-0.1, -0.05) is 19.0 Å². The molecule has 5 nitrogen and oxygen atoms in total. The highest BCUT2D eigenvalue weighted by Gasteiger charge is 2.26. The summed E-state index contributed by atoms with van der Waals surface area (Å²) in [7, 11) is 0. The Bertz CT molecular complexity index is 422. The predicted molar refractivity (Wildman–Crippen MR) is 73.0 cm³/mol. The number of rotatable bonds is 5. The lowest BCUT2D eigenvalue weighted by atomic mass is 10.1. The summed E-state index contributed by atoms with van der Waals surface area (Å²) in [5, 5.41) is 7.13. The van der Waals surface area contributed by atoms with Crippen LogP contribution in [0.15, 0.2) is 10.7 Å². The molecule has 0 radical (unpaired) electrons. The van der Waals surface area contributed by atoms with Gasteiger partial charge in [-0.05, 0) is 32.2 Å². The summed E-state index contributed by atoms with van der Waals surface area (Å²) in [5.74, 6) is 0.768. The van der Waals surface area contributed by atoms with E-state index >= 15 is 0 Å². The molecule has 0 aliphatic carbocycles. The van der Waals surface area contributed by atoms with Crippen LogP contribution in [0.2, 0.25) is 0 Å². The van der Waals surface area contributed by atoms with Crippen LogP contribution in [0.1, 0.15) is 42.8 Å². The number of hydrogen-bond acceptors (Lipinski definition) is 4. The van der Waals surface area contributed by atoms with Gasteiger partial charge in [-0.2, -0.15) is 0 Å². The second kappa shape index (κ2) is 6.19. The molecule has 1 aliphatic heterocycles. The Kier molecular flexibility index (Phi) is 4.58. The van der Waals surface area contributed by atoms with Crippen LogP contribution in [0.3, 0.4) is 0 Å². The standard InChI is InChI=1S/C14H23N3O2/c1-10(2)8-17(9-12-5-4-6-15-12)14(18)13-11(3)7-16-19-13/h7,10,12,15H,4-6,8-9H2,1-3H3. The van der Waals surface area contributed by atoms with Crippen molar-refractivity contribution in [2.45, 2.75) is 39.7 Å². The molecule has 0 saturated carbocycles. The van der Waals surface area contributed by atoms with E-state index in [1.807, 2.05) is 11.8 Å². The number of hydrogen-bond donors (Lipinski definition) is 1. The smallest absolute Gasteiger partial charge is 0.292 e. The minimum absolute atomic E-state index is 0.0441. The average molecular weight is 265 g/mol. The van der Waals surface area contributed by atoms with Gasteiger partial charge in [-0.25, -0.2) is 0 Å². The molecule has 1 N–H and O–H groups in total. The number of carbonyl (C=O) groups excluding carboxylic acids is 1. The molecule has 2 rings (SSSR count). The van der Waals surface area contributed by atoms with E-state index in [9.17, 15) is 4.79 Å². The van der Waals surface area contributed by atoms with Gasteiger partial charge < -0.3 is 14.7 Å². The van der Waals surface area contributed by atoms with Crippen molar-refractivity contribution in [2.75, 3.05) is 19.6 Å². The Morgan fingerprint density at radius 3 is 2.95 bits per heavy atom. The molecule has 1 aromatic rings. The van der Waals surface area contributed by atoms with Crippen LogP contribution in [0.5, 0.6) is 0 Å². The van der Waals surface area contributed by atoms with Crippen molar-refractivity contribution < 1.29 is 9.32 Å². The summed E-state index contributed by atoms with van der Waals surface area (Å²) < 4.78 is 5.09. The minimum Gasteiger partial charge on any atom is -0.351 e. The van der Waals surface area contributed by atoms with E-state index in [2.05, 4.69) is 24.3 Å². The van der Waals surface area contributed by atoms with Crippen LogP contribution in [0, 0.1) is 12.8 Å². The number of nitrogens with one attached hydrogen (secondary N) is 1. The molecule has 1 aliphatic rings. The molecule has 1 unspecified atom stereocenters. The molecule has 1 saturated heterocycles. The molecule has 2 heterocycles. The van der Waals surface area contributed by atoms with E-state index in [0.717, 1.165) is 31.6 Å². The first-order valence-electron chi connectivity index (χ1n) is 7.02. The predicted octanol–water partition coefficient (Wildman–Crippen LogP) is 1.83. The lowest BCUT2D eigenvalue weighted by Gasteiger charge is -2.26. The minimum atomic E-state index is -0.0441.